The van der Waals surface area contributed by atoms with Crippen molar-refractivity contribution >= 4 is 0 Å². The quantitative estimate of drug-likeness (QED) is 0.468. The Morgan fingerprint density at radius 3 is 1.90 bits per heavy atom. The van der Waals surface area contributed by atoms with Crippen molar-refractivity contribution in [1.82, 2.24) is 9.80 Å². The van der Waals surface area contributed by atoms with Gasteiger partial charge in [0.1, 0.15) is 0 Å². The topological polar surface area (TPSA) is 32.5 Å². The molecule has 1 atom stereocenters. The maximum atomic E-state index is 6.04. The van der Waals surface area contributed by atoms with E-state index in [0.717, 1.165) is 19.6 Å². The summed E-state index contributed by atoms with van der Waals surface area (Å²) in [5.41, 5.74) is 6.04. The Morgan fingerprint density at radius 2 is 1.38 bits per heavy atom. The molecule has 0 bridgehead atoms. The van der Waals surface area contributed by atoms with Gasteiger partial charge in [-0.2, -0.15) is 0 Å². The maximum Gasteiger partial charge on any atom is 0.0218 e. The summed E-state index contributed by atoms with van der Waals surface area (Å²) in [6.45, 7) is 8.83. The summed E-state index contributed by atoms with van der Waals surface area (Å²) in [6, 6.07) is 0.584. The largest absolute Gasteiger partial charge is 0.329 e. The van der Waals surface area contributed by atoms with Crippen molar-refractivity contribution in [2.24, 2.45) is 5.73 Å². The number of likely N-dealkylation sites (N-methyl/N-ethyl adjacent to an activating group) is 1. The van der Waals surface area contributed by atoms with Crippen molar-refractivity contribution in [2.75, 3.05) is 40.3 Å². The molecule has 0 rings (SSSR count). The lowest BCUT2D eigenvalue weighted by molar-refractivity contribution is 0.171. The van der Waals surface area contributed by atoms with Crippen LogP contribution in [0.4, 0.5) is 0 Å². The first-order valence-electron chi connectivity index (χ1n) is 9.24. The number of hydrogen-bond donors (Lipinski definition) is 1. The van der Waals surface area contributed by atoms with E-state index >= 15 is 0 Å². The predicted octanol–water partition coefficient (Wildman–Crippen LogP) is 3.73. The molecule has 0 heterocycles. The molecule has 0 saturated heterocycles. The van der Waals surface area contributed by atoms with Crippen LogP contribution in [0.3, 0.4) is 0 Å². The highest BCUT2D eigenvalue weighted by Crippen LogP contribution is 2.13. The van der Waals surface area contributed by atoms with Crippen molar-refractivity contribution in [3.8, 4) is 0 Å². The highest BCUT2D eigenvalue weighted by Gasteiger charge is 2.15. The van der Waals surface area contributed by atoms with Crippen LogP contribution < -0.4 is 5.73 Å². The molecule has 0 spiro atoms. The molecule has 2 N–H and O–H groups in total. The van der Waals surface area contributed by atoms with E-state index < -0.39 is 0 Å². The lowest BCUT2D eigenvalue weighted by atomic mass is 10.0. The molecule has 0 fully saturated rings. The van der Waals surface area contributed by atoms with Crippen molar-refractivity contribution in [2.45, 2.75) is 77.7 Å². The summed E-state index contributed by atoms with van der Waals surface area (Å²) in [7, 11) is 4.30. The molecule has 0 aliphatic heterocycles. The molecule has 1 unspecified atom stereocenters. The van der Waals surface area contributed by atoms with E-state index in [-0.39, 0.29) is 0 Å². The molecule has 0 saturated carbocycles. The van der Waals surface area contributed by atoms with Crippen LogP contribution in [0.1, 0.15) is 71.6 Å². The van der Waals surface area contributed by atoms with Crippen LogP contribution in [0.15, 0.2) is 0 Å². The lowest BCUT2D eigenvalue weighted by Gasteiger charge is -2.31. The summed E-state index contributed by atoms with van der Waals surface area (Å²) < 4.78 is 0. The van der Waals surface area contributed by atoms with Gasteiger partial charge in [-0.15, -0.1) is 0 Å². The predicted molar refractivity (Wildman–Crippen MR) is 95.9 cm³/mol. The van der Waals surface area contributed by atoms with Crippen molar-refractivity contribution in [3.63, 3.8) is 0 Å². The Morgan fingerprint density at radius 1 is 0.762 bits per heavy atom. The van der Waals surface area contributed by atoms with E-state index in [9.17, 15) is 0 Å². The fourth-order valence-electron chi connectivity index (χ4n) is 2.88. The normalized spacial score (nSPS) is 13.3. The molecule has 0 radical (unpaired) electrons. The second-order valence-electron chi connectivity index (χ2n) is 6.64. The van der Waals surface area contributed by atoms with Gasteiger partial charge in [0.05, 0.1) is 0 Å². The first kappa shape index (κ1) is 20.9. The zero-order valence-electron chi connectivity index (χ0n) is 15.2. The number of unbranched alkanes of at least 4 members (excludes halogenated alkanes) is 6. The molecule has 0 aromatic rings. The molecule has 0 aliphatic rings. The summed E-state index contributed by atoms with van der Waals surface area (Å²) in [4.78, 5) is 4.88. The van der Waals surface area contributed by atoms with Crippen molar-refractivity contribution < 1.29 is 0 Å². The molecule has 128 valence electrons. The average Bonchev–Trinajstić information content (AvgIpc) is 2.47. The minimum atomic E-state index is 0.584. The van der Waals surface area contributed by atoms with Gasteiger partial charge in [-0.05, 0) is 33.5 Å². The highest BCUT2D eigenvalue weighted by atomic mass is 15.2. The molecule has 21 heavy (non-hydrogen) atoms. The first-order valence-corrected chi connectivity index (χ1v) is 9.24. The Labute approximate surface area is 134 Å². The summed E-state index contributed by atoms with van der Waals surface area (Å²) in [5.74, 6) is 0. The van der Waals surface area contributed by atoms with Crippen LogP contribution >= 0.6 is 0 Å². The number of nitrogens with two attached hydrogens (primary N) is 1. The third-order valence-electron chi connectivity index (χ3n) is 4.27. The van der Waals surface area contributed by atoms with E-state index in [1.54, 1.807) is 0 Å². The summed E-state index contributed by atoms with van der Waals surface area (Å²) in [6.07, 6.45) is 12.2. The summed E-state index contributed by atoms with van der Waals surface area (Å²) >= 11 is 0. The van der Waals surface area contributed by atoms with Gasteiger partial charge in [-0.1, -0.05) is 58.8 Å². The number of nitrogens with zero attached hydrogens (tertiary/aromatic N) is 2. The van der Waals surface area contributed by atoms with E-state index in [1.807, 2.05) is 0 Å². The minimum absolute atomic E-state index is 0.584. The standard InChI is InChI=1S/C18H41N3/c1-5-7-8-9-10-11-12-13-18(17-19)21(14-6-2)16-15-20(3)4/h18H,5-17,19H2,1-4H3. The smallest absolute Gasteiger partial charge is 0.0218 e. The first-order chi connectivity index (χ1) is 10.2. The molecule has 0 amide bonds. The average molecular weight is 300 g/mol. The summed E-state index contributed by atoms with van der Waals surface area (Å²) in [5, 5.41) is 0. The molecule has 3 nitrogen and oxygen atoms in total. The lowest BCUT2D eigenvalue weighted by Crippen LogP contribution is -2.44. The molecule has 0 aromatic carbocycles. The van der Waals surface area contributed by atoms with Gasteiger partial charge >= 0.3 is 0 Å². The van der Waals surface area contributed by atoms with Crippen LogP contribution in [0.25, 0.3) is 0 Å². The van der Waals surface area contributed by atoms with E-state index in [0.29, 0.717) is 6.04 Å². The van der Waals surface area contributed by atoms with E-state index in [1.165, 1.54) is 64.3 Å². The van der Waals surface area contributed by atoms with Crippen LogP contribution in [0.2, 0.25) is 0 Å². The second kappa shape index (κ2) is 14.8. The Balaban J connectivity index is 3.90. The monoisotopic (exact) mass is 299 g/mol. The molecular weight excluding hydrogens is 258 g/mol. The van der Waals surface area contributed by atoms with Gasteiger partial charge in [0.2, 0.25) is 0 Å². The Kier molecular flexibility index (Phi) is 14.7. The van der Waals surface area contributed by atoms with Crippen LogP contribution in [-0.4, -0.2) is 56.1 Å². The van der Waals surface area contributed by atoms with Gasteiger partial charge in [0, 0.05) is 25.7 Å². The van der Waals surface area contributed by atoms with Gasteiger partial charge in [0.15, 0.2) is 0 Å². The Hall–Kier alpha value is -0.120. The highest BCUT2D eigenvalue weighted by molar-refractivity contribution is 4.73. The second-order valence-corrected chi connectivity index (χ2v) is 6.64. The molecule has 3 heteroatoms. The van der Waals surface area contributed by atoms with Crippen molar-refractivity contribution in [1.29, 1.82) is 0 Å². The third-order valence-corrected chi connectivity index (χ3v) is 4.27. The van der Waals surface area contributed by atoms with Crippen LogP contribution in [0, 0.1) is 0 Å². The number of hydrogen-bond acceptors (Lipinski definition) is 3. The fraction of sp³-hybridized carbons (Fsp3) is 1.00. The number of rotatable bonds is 15. The molecule has 0 aromatic heterocycles. The zero-order chi connectivity index (χ0) is 15.9. The SMILES string of the molecule is CCCCCCCCCC(CN)N(CCC)CCN(C)C. The van der Waals surface area contributed by atoms with Gasteiger partial charge in [-0.25, -0.2) is 0 Å². The molecule has 0 aliphatic carbocycles. The fourth-order valence-corrected chi connectivity index (χ4v) is 2.88. The van der Waals surface area contributed by atoms with Crippen LogP contribution in [-0.2, 0) is 0 Å². The zero-order valence-corrected chi connectivity index (χ0v) is 15.2. The van der Waals surface area contributed by atoms with Gasteiger partial charge < -0.3 is 10.6 Å². The van der Waals surface area contributed by atoms with E-state index in [2.05, 4.69) is 37.7 Å². The van der Waals surface area contributed by atoms with Crippen LogP contribution in [0.5, 0.6) is 0 Å². The Bertz CT molecular complexity index is 207. The third kappa shape index (κ3) is 12.1. The van der Waals surface area contributed by atoms with Gasteiger partial charge in [0.25, 0.3) is 0 Å². The van der Waals surface area contributed by atoms with Gasteiger partial charge in [-0.3, -0.25) is 4.90 Å². The van der Waals surface area contributed by atoms with E-state index in [4.69, 9.17) is 5.73 Å². The van der Waals surface area contributed by atoms with Crippen molar-refractivity contribution in [3.05, 3.63) is 0 Å². The molecular formula is C18H41N3. The minimum Gasteiger partial charge on any atom is -0.329 e. The maximum absolute atomic E-state index is 6.04.